The van der Waals surface area contributed by atoms with Crippen LogP contribution in [0.1, 0.15) is 39.2 Å². The number of halogens is 2. The van der Waals surface area contributed by atoms with E-state index in [9.17, 15) is 0 Å². The largest absolute Gasteiger partial charge is 0.364 e. The maximum Gasteiger partial charge on any atom is 0.108 e. The summed E-state index contributed by atoms with van der Waals surface area (Å²) in [6, 6.07) is 6.98. The van der Waals surface area contributed by atoms with Crippen LogP contribution >= 0.6 is 23.2 Å². The minimum Gasteiger partial charge on any atom is -0.364 e. The Morgan fingerprint density at radius 1 is 1.35 bits per heavy atom. The van der Waals surface area contributed by atoms with E-state index in [4.69, 9.17) is 27.9 Å². The molecule has 3 unspecified atom stereocenters. The lowest BCUT2D eigenvalue weighted by atomic mass is 9.93. The average molecular weight is 314 g/mol. The highest BCUT2D eigenvalue weighted by molar-refractivity contribution is 6.42. The summed E-state index contributed by atoms with van der Waals surface area (Å²) < 4.78 is 6.42. The second-order valence-corrected chi connectivity index (χ2v) is 7.04. The molecule has 110 valence electrons. The van der Waals surface area contributed by atoms with Crippen LogP contribution in [0, 0.1) is 0 Å². The monoisotopic (exact) mass is 313 g/mol. The first-order valence-corrected chi connectivity index (χ1v) is 8.11. The van der Waals surface area contributed by atoms with Gasteiger partial charge >= 0.3 is 0 Å². The molecule has 0 radical (unpaired) electrons. The number of hydrogen-bond donors (Lipinski definition) is 0. The summed E-state index contributed by atoms with van der Waals surface area (Å²) in [5.74, 6) is 0. The summed E-state index contributed by atoms with van der Waals surface area (Å²) in [6.07, 6.45) is 2.43. The van der Waals surface area contributed by atoms with Crippen molar-refractivity contribution < 1.29 is 4.74 Å². The lowest BCUT2D eigenvalue weighted by molar-refractivity contribution is -0.107. The van der Waals surface area contributed by atoms with Gasteiger partial charge in [0.15, 0.2) is 0 Å². The van der Waals surface area contributed by atoms with Crippen molar-refractivity contribution in [2.75, 3.05) is 6.54 Å². The Bertz CT molecular complexity index is 519. The number of nitrogens with zero attached hydrogens (tertiary/aromatic N) is 1. The average Bonchev–Trinajstić information content (AvgIpc) is 2.98. The normalized spacial score (nSPS) is 33.3. The first-order valence-electron chi connectivity index (χ1n) is 7.36. The Kier molecular flexibility index (Phi) is 3.79. The third kappa shape index (κ3) is 2.18. The van der Waals surface area contributed by atoms with Crippen LogP contribution in [-0.2, 0) is 10.3 Å². The molecule has 2 fully saturated rings. The van der Waals surface area contributed by atoms with Crippen LogP contribution in [0.2, 0.25) is 10.0 Å². The van der Waals surface area contributed by atoms with Crippen molar-refractivity contribution in [3.8, 4) is 0 Å². The molecule has 2 saturated heterocycles. The first kappa shape index (κ1) is 14.6. The first-order chi connectivity index (χ1) is 9.47. The second kappa shape index (κ2) is 5.17. The van der Waals surface area contributed by atoms with Gasteiger partial charge in [0.2, 0.25) is 0 Å². The van der Waals surface area contributed by atoms with Crippen LogP contribution in [0.5, 0.6) is 0 Å². The van der Waals surface area contributed by atoms with E-state index in [1.807, 2.05) is 12.1 Å². The summed E-state index contributed by atoms with van der Waals surface area (Å²) in [6.45, 7) is 7.67. The highest BCUT2D eigenvalue weighted by atomic mass is 35.5. The number of hydrogen-bond acceptors (Lipinski definition) is 2. The second-order valence-electron chi connectivity index (χ2n) is 6.23. The van der Waals surface area contributed by atoms with Crippen molar-refractivity contribution in [2.24, 2.45) is 0 Å². The third-order valence-corrected chi connectivity index (χ3v) is 5.46. The Labute approximate surface area is 131 Å². The molecule has 20 heavy (non-hydrogen) atoms. The van der Waals surface area contributed by atoms with Crippen molar-refractivity contribution in [1.82, 2.24) is 4.90 Å². The summed E-state index contributed by atoms with van der Waals surface area (Å²) in [5, 5.41) is 1.22. The molecule has 0 aromatic heterocycles. The molecule has 3 atom stereocenters. The SMILES string of the molecule is CCC1OC2(c3ccc(Cl)c(Cl)c3)CC1N(C(C)C)C2. The molecule has 2 nitrogen and oxygen atoms in total. The van der Waals surface area contributed by atoms with Gasteiger partial charge in [-0.25, -0.2) is 0 Å². The van der Waals surface area contributed by atoms with E-state index in [2.05, 4.69) is 31.7 Å². The third-order valence-electron chi connectivity index (χ3n) is 4.72. The molecule has 0 aliphatic carbocycles. The summed E-state index contributed by atoms with van der Waals surface area (Å²) >= 11 is 12.2. The Hall–Kier alpha value is -0.280. The number of fused-ring (bicyclic) bond motifs is 2. The minimum absolute atomic E-state index is 0.205. The standard InChI is InChI=1S/C16H21Cl2NO/c1-4-15-14-8-16(20-15,9-19(14)10(2)3)11-5-6-12(17)13(18)7-11/h5-7,10,14-15H,4,8-9H2,1-3H3. The van der Waals surface area contributed by atoms with E-state index in [0.29, 0.717) is 28.2 Å². The van der Waals surface area contributed by atoms with E-state index in [0.717, 1.165) is 24.9 Å². The maximum atomic E-state index is 6.42. The summed E-state index contributed by atoms with van der Waals surface area (Å²) in [5.41, 5.74) is 0.958. The zero-order valence-electron chi connectivity index (χ0n) is 12.2. The molecular formula is C16H21Cl2NO. The predicted molar refractivity (Wildman–Crippen MR) is 83.6 cm³/mol. The van der Waals surface area contributed by atoms with Gasteiger partial charge in [-0.15, -0.1) is 0 Å². The highest BCUT2D eigenvalue weighted by Crippen LogP contribution is 2.50. The van der Waals surface area contributed by atoms with Crippen LogP contribution < -0.4 is 0 Å². The topological polar surface area (TPSA) is 12.5 Å². The van der Waals surface area contributed by atoms with Gasteiger partial charge in [0.05, 0.1) is 16.1 Å². The van der Waals surface area contributed by atoms with Crippen molar-refractivity contribution in [2.45, 2.75) is 57.4 Å². The zero-order valence-corrected chi connectivity index (χ0v) is 13.7. The summed E-state index contributed by atoms with van der Waals surface area (Å²) in [4.78, 5) is 2.57. The molecule has 4 heteroatoms. The Morgan fingerprint density at radius 2 is 2.10 bits per heavy atom. The number of morpholine rings is 1. The van der Waals surface area contributed by atoms with Crippen LogP contribution in [0.3, 0.4) is 0 Å². The fourth-order valence-electron chi connectivity index (χ4n) is 3.71. The van der Waals surface area contributed by atoms with E-state index < -0.39 is 0 Å². The van der Waals surface area contributed by atoms with Gasteiger partial charge in [-0.05, 0) is 44.4 Å². The molecule has 0 N–H and O–H groups in total. The lowest BCUT2D eigenvalue weighted by Gasteiger charge is -2.39. The van der Waals surface area contributed by atoms with Crippen molar-refractivity contribution >= 4 is 23.2 Å². The van der Waals surface area contributed by atoms with Crippen LogP contribution in [0.25, 0.3) is 0 Å². The number of ether oxygens (including phenoxy) is 1. The van der Waals surface area contributed by atoms with Gasteiger partial charge in [0.1, 0.15) is 5.60 Å². The molecule has 2 aliphatic heterocycles. The molecule has 0 amide bonds. The van der Waals surface area contributed by atoms with Crippen LogP contribution in [0.4, 0.5) is 0 Å². The molecule has 2 bridgehead atoms. The fourth-order valence-corrected chi connectivity index (χ4v) is 4.01. The molecule has 2 heterocycles. The molecule has 2 aliphatic rings. The quantitative estimate of drug-likeness (QED) is 0.815. The van der Waals surface area contributed by atoms with Gasteiger partial charge in [0, 0.05) is 18.6 Å². The highest BCUT2D eigenvalue weighted by Gasteiger charge is 2.56. The van der Waals surface area contributed by atoms with E-state index in [1.165, 1.54) is 0 Å². The van der Waals surface area contributed by atoms with Gasteiger partial charge in [-0.3, -0.25) is 4.90 Å². The molecule has 1 aromatic rings. The van der Waals surface area contributed by atoms with E-state index in [1.54, 1.807) is 0 Å². The Balaban J connectivity index is 1.97. The predicted octanol–water partition coefficient (Wildman–Crippen LogP) is 4.48. The molecule has 3 rings (SSSR count). The fraction of sp³-hybridized carbons (Fsp3) is 0.625. The lowest BCUT2D eigenvalue weighted by Crippen LogP contribution is -2.49. The van der Waals surface area contributed by atoms with E-state index >= 15 is 0 Å². The molecule has 0 spiro atoms. The molecular weight excluding hydrogens is 293 g/mol. The minimum atomic E-state index is -0.205. The smallest absolute Gasteiger partial charge is 0.108 e. The van der Waals surface area contributed by atoms with Gasteiger partial charge in [-0.1, -0.05) is 36.2 Å². The molecule has 0 saturated carbocycles. The van der Waals surface area contributed by atoms with Crippen molar-refractivity contribution in [1.29, 1.82) is 0 Å². The van der Waals surface area contributed by atoms with Gasteiger partial charge in [-0.2, -0.15) is 0 Å². The van der Waals surface area contributed by atoms with Crippen LogP contribution in [-0.4, -0.2) is 29.6 Å². The van der Waals surface area contributed by atoms with Gasteiger partial charge < -0.3 is 4.74 Å². The molecule has 1 aromatic carbocycles. The number of benzene rings is 1. The number of likely N-dealkylation sites (tertiary alicyclic amines) is 1. The zero-order chi connectivity index (χ0) is 14.5. The summed E-state index contributed by atoms with van der Waals surface area (Å²) in [7, 11) is 0. The number of rotatable bonds is 3. The van der Waals surface area contributed by atoms with Gasteiger partial charge in [0.25, 0.3) is 0 Å². The van der Waals surface area contributed by atoms with E-state index in [-0.39, 0.29) is 5.60 Å². The maximum absolute atomic E-state index is 6.42. The Morgan fingerprint density at radius 3 is 2.70 bits per heavy atom. The van der Waals surface area contributed by atoms with Crippen molar-refractivity contribution in [3.63, 3.8) is 0 Å². The van der Waals surface area contributed by atoms with Crippen LogP contribution in [0.15, 0.2) is 18.2 Å². The van der Waals surface area contributed by atoms with Crippen molar-refractivity contribution in [3.05, 3.63) is 33.8 Å².